The molecule has 0 saturated heterocycles. The molecule has 1 aromatic rings. The summed E-state index contributed by atoms with van der Waals surface area (Å²) >= 11 is 3.42. The summed E-state index contributed by atoms with van der Waals surface area (Å²) in [5, 5.41) is 13.2. The van der Waals surface area contributed by atoms with Crippen LogP contribution in [0.3, 0.4) is 0 Å². The van der Waals surface area contributed by atoms with Crippen molar-refractivity contribution in [2.45, 2.75) is 50.7 Å². The summed E-state index contributed by atoms with van der Waals surface area (Å²) in [6.07, 6.45) is 3.73. The molecule has 0 bridgehead atoms. The second kappa shape index (κ2) is 6.06. The fraction of sp³-hybridized carbons (Fsp3) is 0.533. The molecule has 4 heteroatoms. The molecule has 1 saturated carbocycles. The molecule has 1 aromatic carbocycles. The number of carbonyl (C=O) groups is 1. The van der Waals surface area contributed by atoms with Gasteiger partial charge in [0.2, 0.25) is 5.91 Å². The van der Waals surface area contributed by atoms with E-state index in [0.717, 1.165) is 35.7 Å². The molecule has 1 aliphatic rings. The average molecular weight is 326 g/mol. The van der Waals surface area contributed by atoms with E-state index in [1.807, 2.05) is 31.2 Å². The van der Waals surface area contributed by atoms with Gasteiger partial charge in [0, 0.05) is 4.47 Å². The predicted octanol–water partition coefficient (Wildman–Crippen LogP) is 3.32. The third-order valence-electron chi connectivity index (χ3n) is 3.75. The third kappa shape index (κ3) is 4.05. The van der Waals surface area contributed by atoms with E-state index in [4.69, 9.17) is 0 Å². The van der Waals surface area contributed by atoms with Gasteiger partial charge in [-0.05, 0) is 37.5 Å². The number of carbonyl (C=O) groups excluding carboxylic acids is 1. The molecule has 1 aliphatic carbocycles. The fourth-order valence-corrected chi connectivity index (χ4v) is 3.08. The van der Waals surface area contributed by atoms with Crippen molar-refractivity contribution in [3.63, 3.8) is 0 Å². The molecule has 2 rings (SSSR count). The molecule has 0 aromatic heterocycles. The second-order valence-corrected chi connectivity index (χ2v) is 6.37. The van der Waals surface area contributed by atoms with E-state index < -0.39 is 5.60 Å². The number of amides is 1. The van der Waals surface area contributed by atoms with Crippen LogP contribution in [0.1, 0.15) is 50.6 Å². The lowest BCUT2D eigenvalue weighted by Crippen LogP contribution is -2.35. The van der Waals surface area contributed by atoms with Crippen LogP contribution >= 0.6 is 15.9 Å². The van der Waals surface area contributed by atoms with Gasteiger partial charge in [0.15, 0.2) is 0 Å². The van der Waals surface area contributed by atoms with Gasteiger partial charge in [-0.2, -0.15) is 0 Å². The zero-order valence-corrected chi connectivity index (χ0v) is 12.7. The normalized spacial score (nSPS) is 19.1. The fourth-order valence-electron chi connectivity index (χ4n) is 2.66. The van der Waals surface area contributed by atoms with Gasteiger partial charge < -0.3 is 10.4 Å². The number of benzene rings is 1. The third-order valence-corrected chi connectivity index (χ3v) is 4.24. The van der Waals surface area contributed by atoms with Crippen LogP contribution in [0.25, 0.3) is 0 Å². The summed E-state index contributed by atoms with van der Waals surface area (Å²) in [4.78, 5) is 12.0. The maximum absolute atomic E-state index is 12.0. The Bertz CT molecular complexity index is 455. The highest BCUT2D eigenvalue weighted by atomic mass is 79.9. The first-order valence-electron chi connectivity index (χ1n) is 6.76. The zero-order valence-electron chi connectivity index (χ0n) is 11.2. The van der Waals surface area contributed by atoms with E-state index in [1.54, 1.807) is 0 Å². The smallest absolute Gasteiger partial charge is 0.223 e. The minimum Gasteiger partial charge on any atom is -0.389 e. The van der Waals surface area contributed by atoms with Crippen LogP contribution in [0.2, 0.25) is 0 Å². The van der Waals surface area contributed by atoms with Crippen LogP contribution in [0.15, 0.2) is 28.7 Å². The molecule has 1 fully saturated rings. The first kappa shape index (κ1) is 14.5. The molecule has 0 radical (unpaired) electrons. The summed E-state index contributed by atoms with van der Waals surface area (Å²) in [6.45, 7) is 1.96. The summed E-state index contributed by atoms with van der Waals surface area (Å²) in [6, 6.07) is 7.84. The van der Waals surface area contributed by atoms with Crippen molar-refractivity contribution in [3.8, 4) is 0 Å². The molecular weight excluding hydrogens is 306 g/mol. The molecule has 19 heavy (non-hydrogen) atoms. The molecular formula is C15H20BrNO2. The molecule has 3 nitrogen and oxygen atoms in total. The maximum atomic E-state index is 12.0. The SMILES string of the molecule is CC(NC(=O)CC1(O)CCCC1)c1cccc(Br)c1. The van der Waals surface area contributed by atoms with Crippen molar-refractivity contribution in [1.29, 1.82) is 0 Å². The highest BCUT2D eigenvalue weighted by Crippen LogP contribution is 2.32. The Hall–Kier alpha value is -0.870. The van der Waals surface area contributed by atoms with Crippen molar-refractivity contribution in [3.05, 3.63) is 34.3 Å². The number of hydrogen-bond donors (Lipinski definition) is 2. The molecule has 0 aliphatic heterocycles. The lowest BCUT2D eigenvalue weighted by Gasteiger charge is -2.23. The molecule has 104 valence electrons. The lowest BCUT2D eigenvalue weighted by molar-refractivity contribution is -0.126. The number of rotatable bonds is 4. The van der Waals surface area contributed by atoms with Crippen LogP contribution in [0.4, 0.5) is 0 Å². The number of nitrogens with one attached hydrogen (secondary N) is 1. The first-order valence-corrected chi connectivity index (χ1v) is 7.55. The van der Waals surface area contributed by atoms with Gasteiger partial charge in [-0.15, -0.1) is 0 Å². The van der Waals surface area contributed by atoms with Crippen molar-refractivity contribution in [1.82, 2.24) is 5.32 Å². The van der Waals surface area contributed by atoms with Crippen molar-refractivity contribution < 1.29 is 9.90 Å². The van der Waals surface area contributed by atoms with Crippen molar-refractivity contribution >= 4 is 21.8 Å². The Kier molecular flexibility index (Phi) is 4.63. The Labute approximate surface area is 122 Å². The molecule has 0 spiro atoms. The second-order valence-electron chi connectivity index (χ2n) is 5.45. The highest BCUT2D eigenvalue weighted by molar-refractivity contribution is 9.10. The Morgan fingerprint density at radius 3 is 2.79 bits per heavy atom. The van der Waals surface area contributed by atoms with Crippen molar-refractivity contribution in [2.24, 2.45) is 0 Å². The standard InChI is InChI=1S/C15H20BrNO2/c1-11(12-5-4-6-13(16)9-12)17-14(18)10-15(19)7-2-3-8-15/h4-6,9,11,19H,2-3,7-8,10H2,1H3,(H,17,18). The summed E-state index contributed by atoms with van der Waals surface area (Å²) < 4.78 is 1.00. The van der Waals surface area contributed by atoms with Crippen molar-refractivity contribution in [2.75, 3.05) is 0 Å². The molecule has 2 N–H and O–H groups in total. The number of hydrogen-bond acceptors (Lipinski definition) is 2. The molecule has 1 atom stereocenters. The summed E-state index contributed by atoms with van der Waals surface area (Å²) in [5.41, 5.74) is 0.280. The van der Waals surface area contributed by atoms with Gasteiger partial charge in [-0.25, -0.2) is 0 Å². The topological polar surface area (TPSA) is 49.3 Å². The van der Waals surface area contributed by atoms with Gasteiger partial charge in [0.1, 0.15) is 0 Å². The van der Waals surface area contributed by atoms with E-state index in [-0.39, 0.29) is 18.4 Å². The Balaban J connectivity index is 1.91. The van der Waals surface area contributed by atoms with Gasteiger partial charge in [-0.1, -0.05) is 40.9 Å². The Morgan fingerprint density at radius 1 is 1.47 bits per heavy atom. The van der Waals surface area contributed by atoms with E-state index in [1.165, 1.54) is 0 Å². The predicted molar refractivity (Wildman–Crippen MR) is 78.7 cm³/mol. The van der Waals surface area contributed by atoms with Crippen LogP contribution < -0.4 is 5.32 Å². The minimum atomic E-state index is -0.777. The first-order chi connectivity index (χ1) is 8.98. The quantitative estimate of drug-likeness (QED) is 0.892. The van der Waals surface area contributed by atoms with E-state index >= 15 is 0 Å². The van der Waals surface area contributed by atoms with E-state index in [9.17, 15) is 9.90 Å². The molecule has 0 heterocycles. The van der Waals surface area contributed by atoms with Crippen LogP contribution in [0.5, 0.6) is 0 Å². The van der Waals surface area contributed by atoms with E-state index in [0.29, 0.717) is 0 Å². The monoisotopic (exact) mass is 325 g/mol. The zero-order chi connectivity index (χ0) is 13.9. The number of halogens is 1. The highest BCUT2D eigenvalue weighted by Gasteiger charge is 2.33. The van der Waals surface area contributed by atoms with Crippen LogP contribution in [-0.4, -0.2) is 16.6 Å². The Morgan fingerprint density at radius 2 is 2.16 bits per heavy atom. The average Bonchev–Trinajstić information content (AvgIpc) is 2.75. The molecule has 1 amide bonds. The number of aliphatic hydroxyl groups is 1. The minimum absolute atomic E-state index is 0.0463. The summed E-state index contributed by atoms with van der Waals surface area (Å²) in [7, 11) is 0. The van der Waals surface area contributed by atoms with Gasteiger partial charge >= 0.3 is 0 Å². The van der Waals surface area contributed by atoms with Gasteiger partial charge in [0.05, 0.1) is 18.1 Å². The summed E-state index contributed by atoms with van der Waals surface area (Å²) in [5.74, 6) is -0.0723. The maximum Gasteiger partial charge on any atom is 0.223 e. The lowest BCUT2D eigenvalue weighted by atomic mass is 9.97. The van der Waals surface area contributed by atoms with Crippen LogP contribution in [-0.2, 0) is 4.79 Å². The largest absolute Gasteiger partial charge is 0.389 e. The van der Waals surface area contributed by atoms with Gasteiger partial charge in [0.25, 0.3) is 0 Å². The molecule has 1 unspecified atom stereocenters. The van der Waals surface area contributed by atoms with Gasteiger partial charge in [-0.3, -0.25) is 4.79 Å². The van der Waals surface area contributed by atoms with Crippen LogP contribution in [0, 0.1) is 0 Å². The van der Waals surface area contributed by atoms with E-state index in [2.05, 4.69) is 21.2 Å².